The molecule has 0 aliphatic carbocycles. The van der Waals surface area contributed by atoms with Gasteiger partial charge in [0.15, 0.2) is 17.2 Å². The molecule has 8 heteroatoms. The zero-order valence-corrected chi connectivity index (χ0v) is 15.3. The summed E-state index contributed by atoms with van der Waals surface area (Å²) in [7, 11) is 0. The van der Waals surface area contributed by atoms with Gasteiger partial charge in [0.05, 0.1) is 11.5 Å². The maximum Gasteiger partial charge on any atom is 0.311 e. The van der Waals surface area contributed by atoms with Gasteiger partial charge in [-0.3, -0.25) is 14.9 Å². The molecule has 0 saturated carbocycles. The summed E-state index contributed by atoms with van der Waals surface area (Å²) in [6.07, 6.45) is 3.60. The van der Waals surface area contributed by atoms with Crippen molar-refractivity contribution in [2.75, 3.05) is 13.4 Å². The van der Waals surface area contributed by atoms with E-state index in [1.54, 1.807) is 12.1 Å². The third kappa shape index (κ3) is 4.79. The molecule has 146 valence electrons. The van der Waals surface area contributed by atoms with Gasteiger partial charge in [0, 0.05) is 18.7 Å². The van der Waals surface area contributed by atoms with Gasteiger partial charge in [-0.15, -0.1) is 0 Å². The van der Waals surface area contributed by atoms with E-state index >= 15 is 0 Å². The Kier molecular flexibility index (Phi) is 6.11. The zero-order valence-electron chi connectivity index (χ0n) is 15.3. The molecule has 0 atom stereocenters. The van der Waals surface area contributed by atoms with Gasteiger partial charge in [0.1, 0.15) is 0 Å². The third-order valence-electron chi connectivity index (χ3n) is 3.97. The fourth-order valence-electron chi connectivity index (χ4n) is 2.59. The summed E-state index contributed by atoms with van der Waals surface area (Å²) in [6, 6.07) is 10.0. The van der Waals surface area contributed by atoms with Gasteiger partial charge in [0.2, 0.25) is 12.7 Å². The Bertz CT molecular complexity index is 910. The quantitative estimate of drug-likeness (QED) is 0.425. The molecule has 0 bridgehead atoms. The molecule has 2 aromatic carbocycles. The van der Waals surface area contributed by atoms with Gasteiger partial charge in [-0.05, 0) is 41.8 Å². The second-order valence-corrected chi connectivity index (χ2v) is 6.07. The number of hydrogen-bond donors (Lipinski definition) is 1. The van der Waals surface area contributed by atoms with Gasteiger partial charge in [-0.1, -0.05) is 19.1 Å². The van der Waals surface area contributed by atoms with Gasteiger partial charge in [-0.2, -0.15) is 0 Å². The molecule has 0 spiro atoms. The zero-order chi connectivity index (χ0) is 19.9. The molecule has 1 aliphatic rings. The van der Waals surface area contributed by atoms with E-state index in [0.717, 1.165) is 12.0 Å². The smallest absolute Gasteiger partial charge is 0.311 e. The van der Waals surface area contributed by atoms with Crippen molar-refractivity contribution < 1.29 is 23.9 Å². The third-order valence-corrected chi connectivity index (χ3v) is 3.97. The van der Waals surface area contributed by atoms with Gasteiger partial charge >= 0.3 is 5.69 Å². The average Bonchev–Trinajstić information content (AvgIpc) is 3.17. The van der Waals surface area contributed by atoms with E-state index in [2.05, 4.69) is 5.32 Å². The van der Waals surface area contributed by atoms with Gasteiger partial charge in [-0.25, -0.2) is 0 Å². The molecule has 28 heavy (non-hydrogen) atoms. The predicted molar refractivity (Wildman–Crippen MR) is 102 cm³/mol. The lowest BCUT2D eigenvalue weighted by Gasteiger charge is -2.06. The molecule has 0 saturated heterocycles. The maximum atomic E-state index is 12.0. The number of benzene rings is 2. The van der Waals surface area contributed by atoms with Crippen LogP contribution in [0.25, 0.3) is 6.08 Å². The van der Waals surface area contributed by atoms with E-state index in [4.69, 9.17) is 14.2 Å². The number of nitro groups is 1. The molecule has 8 nitrogen and oxygen atoms in total. The van der Waals surface area contributed by atoms with Crippen LogP contribution in [0.3, 0.4) is 0 Å². The second kappa shape index (κ2) is 8.90. The van der Waals surface area contributed by atoms with E-state index in [9.17, 15) is 14.9 Å². The minimum Gasteiger partial charge on any atom is -0.487 e. The fraction of sp³-hybridized carbons (Fsp3) is 0.250. The van der Waals surface area contributed by atoms with E-state index < -0.39 is 4.92 Å². The van der Waals surface area contributed by atoms with Crippen LogP contribution in [0.2, 0.25) is 0 Å². The van der Waals surface area contributed by atoms with Crippen molar-refractivity contribution in [3.63, 3.8) is 0 Å². The van der Waals surface area contributed by atoms with Crippen LogP contribution in [0.1, 0.15) is 24.5 Å². The lowest BCUT2D eigenvalue weighted by atomic mass is 10.1. The molecule has 3 rings (SSSR count). The van der Waals surface area contributed by atoms with Crippen LogP contribution in [0.15, 0.2) is 42.5 Å². The molecule has 1 heterocycles. The highest BCUT2D eigenvalue weighted by Crippen LogP contribution is 2.32. The first-order chi connectivity index (χ1) is 13.6. The molecular weight excluding hydrogens is 364 g/mol. The molecule has 1 N–H and O–H groups in total. The second-order valence-electron chi connectivity index (χ2n) is 6.07. The molecule has 1 amide bonds. The number of fused-ring (bicyclic) bond motifs is 1. The Labute approximate surface area is 161 Å². The van der Waals surface area contributed by atoms with Gasteiger partial charge < -0.3 is 19.5 Å². The van der Waals surface area contributed by atoms with Crippen LogP contribution in [0.4, 0.5) is 5.69 Å². The summed E-state index contributed by atoms with van der Waals surface area (Å²) in [5.74, 6) is 1.24. The molecule has 2 aromatic rings. The van der Waals surface area contributed by atoms with Crippen molar-refractivity contribution in [3.05, 3.63) is 63.7 Å². The van der Waals surface area contributed by atoms with Crippen molar-refractivity contribution in [1.29, 1.82) is 0 Å². The van der Waals surface area contributed by atoms with Crippen LogP contribution in [0, 0.1) is 10.1 Å². The largest absolute Gasteiger partial charge is 0.487 e. The first-order valence-corrected chi connectivity index (χ1v) is 8.82. The summed E-state index contributed by atoms with van der Waals surface area (Å²) in [4.78, 5) is 22.8. The van der Waals surface area contributed by atoms with Crippen LogP contribution >= 0.6 is 0 Å². The van der Waals surface area contributed by atoms with Crippen molar-refractivity contribution in [2.45, 2.75) is 19.9 Å². The summed E-state index contributed by atoms with van der Waals surface area (Å²) < 4.78 is 15.9. The first-order valence-electron chi connectivity index (χ1n) is 8.82. The number of ether oxygens (including phenoxy) is 3. The highest BCUT2D eigenvalue weighted by molar-refractivity contribution is 5.91. The molecule has 0 fully saturated rings. The molecule has 1 aliphatic heterocycles. The van der Waals surface area contributed by atoms with Crippen LogP contribution in [0.5, 0.6) is 17.2 Å². The van der Waals surface area contributed by atoms with Crippen LogP contribution < -0.4 is 19.5 Å². The number of hydrogen-bond acceptors (Lipinski definition) is 6. The predicted octanol–water partition coefficient (Wildman–Crippen LogP) is 3.44. The van der Waals surface area contributed by atoms with Crippen molar-refractivity contribution in [3.8, 4) is 17.2 Å². The minimum atomic E-state index is -0.498. The number of rotatable bonds is 8. The Morgan fingerprint density at radius 1 is 1.25 bits per heavy atom. The number of nitrogens with one attached hydrogen (secondary N) is 1. The highest BCUT2D eigenvalue weighted by Gasteiger charge is 2.15. The van der Waals surface area contributed by atoms with E-state index in [1.165, 1.54) is 24.3 Å². The van der Waals surface area contributed by atoms with Crippen LogP contribution in [-0.2, 0) is 11.3 Å². The van der Waals surface area contributed by atoms with E-state index in [1.807, 2.05) is 19.1 Å². The Balaban J connectivity index is 1.60. The summed E-state index contributed by atoms with van der Waals surface area (Å²) in [6.45, 7) is 2.84. The topological polar surface area (TPSA) is 99.9 Å². The Morgan fingerprint density at radius 2 is 2.07 bits per heavy atom. The van der Waals surface area contributed by atoms with E-state index in [0.29, 0.717) is 30.2 Å². The van der Waals surface area contributed by atoms with E-state index in [-0.39, 0.29) is 24.1 Å². The Morgan fingerprint density at radius 3 is 2.86 bits per heavy atom. The number of nitro benzene ring substituents is 1. The van der Waals surface area contributed by atoms with Crippen molar-refractivity contribution in [1.82, 2.24) is 5.32 Å². The fourth-order valence-corrected chi connectivity index (χ4v) is 2.59. The SMILES string of the molecule is CCCOc1ccc(/C=C/C(=O)NCc2ccc3c(c2)OCO3)cc1[N+](=O)[O-]. The lowest BCUT2D eigenvalue weighted by molar-refractivity contribution is -0.385. The number of carbonyl (C=O) groups is 1. The average molecular weight is 384 g/mol. The minimum absolute atomic E-state index is 0.128. The van der Waals surface area contributed by atoms with Gasteiger partial charge in [0.25, 0.3) is 0 Å². The monoisotopic (exact) mass is 384 g/mol. The summed E-state index contributed by atoms with van der Waals surface area (Å²) in [5, 5.41) is 14.0. The maximum absolute atomic E-state index is 12.0. The molecule has 0 radical (unpaired) electrons. The highest BCUT2D eigenvalue weighted by atomic mass is 16.7. The number of carbonyl (C=O) groups excluding carboxylic acids is 1. The normalized spacial score (nSPS) is 12.2. The lowest BCUT2D eigenvalue weighted by Crippen LogP contribution is -2.20. The standard InChI is InChI=1S/C20H20N2O6/c1-2-9-26-17-6-3-14(10-16(17)22(24)25)5-8-20(23)21-12-15-4-7-18-19(11-15)28-13-27-18/h3-8,10-11H,2,9,12-13H2,1H3,(H,21,23)/b8-5+. The number of amides is 1. The summed E-state index contributed by atoms with van der Waals surface area (Å²) >= 11 is 0. The molecule has 0 aromatic heterocycles. The van der Waals surface area contributed by atoms with Crippen molar-refractivity contribution in [2.24, 2.45) is 0 Å². The van der Waals surface area contributed by atoms with Crippen molar-refractivity contribution >= 4 is 17.7 Å². The first kappa shape index (κ1) is 19.2. The molecule has 0 unspecified atom stereocenters. The number of nitrogens with zero attached hydrogens (tertiary/aromatic N) is 1. The Hall–Kier alpha value is -3.55. The van der Waals surface area contributed by atoms with Crippen LogP contribution in [-0.4, -0.2) is 24.2 Å². The summed E-state index contributed by atoms with van der Waals surface area (Å²) in [5.41, 5.74) is 1.28. The molecular formula is C20H20N2O6.